The molecule has 0 atom stereocenters. The van der Waals surface area contributed by atoms with Gasteiger partial charge in [-0.1, -0.05) is 12.2 Å². The number of benzene rings is 2. The number of rotatable bonds is 9. The monoisotopic (exact) mass is 582 g/mol. The summed E-state index contributed by atoms with van der Waals surface area (Å²) in [5.41, 5.74) is -0.921. The van der Waals surface area contributed by atoms with E-state index in [1.54, 1.807) is 14.2 Å². The zero-order valence-corrected chi connectivity index (χ0v) is 23.2. The maximum atomic E-state index is 13.3. The molecule has 13 heteroatoms. The normalized spacial score (nSPS) is 19.7. The predicted octanol–water partition coefficient (Wildman–Crippen LogP) is 5.52. The van der Waals surface area contributed by atoms with Gasteiger partial charge in [-0.15, -0.1) is 0 Å². The molecule has 0 bridgehead atoms. The summed E-state index contributed by atoms with van der Waals surface area (Å²) >= 11 is 5.64. The number of nitrogens with one attached hydrogen (secondary N) is 1. The minimum Gasteiger partial charge on any atom is -0.493 e. The molecule has 1 aliphatic heterocycles. The molecule has 2 aromatic rings. The Balaban J connectivity index is 1.20. The second-order valence-electron chi connectivity index (χ2n) is 9.82. The van der Waals surface area contributed by atoms with E-state index in [2.05, 4.69) is 15.1 Å². The fourth-order valence-corrected chi connectivity index (χ4v) is 5.39. The first kappa shape index (κ1) is 29.7. The molecule has 1 heterocycles. The number of methoxy groups -OCH3 is 2. The van der Waals surface area contributed by atoms with Gasteiger partial charge in [0.15, 0.2) is 11.5 Å². The highest BCUT2D eigenvalue weighted by Gasteiger charge is 2.38. The Morgan fingerprint density at radius 3 is 2.30 bits per heavy atom. The van der Waals surface area contributed by atoms with Crippen molar-refractivity contribution in [3.8, 4) is 11.5 Å². The fourth-order valence-electron chi connectivity index (χ4n) is 5.14. The molecule has 0 spiro atoms. The lowest BCUT2D eigenvalue weighted by molar-refractivity contribution is -0.388. The van der Waals surface area contributed by atoms with Gasteiger partial charge in [-0.3, -0.25) is 10.1 Å². The number of anilines is 2. The largest absolute Gasteiger partial charge is 0.493 e. The number of piperazine rings is 1. The molecule has 1 saturated heterocycles. The average Bonchev–Trinajstić information content (AvgIpc) is 2.95. The summed E-state index contributed by atoms with van der Waals surface area (Å²) in [4.78, 5) is 15.2. The second-order valence-corrected chi connectivity index (χ2v) is 10.3. The van der Waals surface area contributed by atoms with E-state index in [1.165, 1.54) is 6.07 Å². The van der Waals surface area contributed by atoms with Gasteiger partial charge in [-0.25, -0.2) is 0 Å². The van der Waals surface area contributed by atoms with E-state index in [4.69, 9.17) is 26.4 Å². The number of thiocarbonyl (C=S) groups is 1. The average molecular weight is 583 g/mol. The number of hydrogen-bond acceptors (Lipinski definition) is 8. The van der Waals surface area contributed by atoms with Crippen molar-refractivity contribution in [2.24, 2.45) is 0 Å². The molecule has 2 fully saturated rings. The molecule has 0 amide bonds. The van der Waals surface area contributed by atoms with E-state index >= 15 is 0 Å². The Kier molecular flexibility index (Phi) is 9.56. The summed E-state index contributed by atoms with van der Waals surface area (Å²) in [6.07, 6.45) is -1.88. The van der Waals surface area contributed by atoms with E-state index in [0.717, 1.165) is 61.8 Å². The van der Waals surface area contributed by atoms with Crippen LogP contribution in [0.2, 0.25) is 0 Å². The number of hydrogen-bond donors (Lipinski definition) is 1. The van der Waals surface area contributed by atoms with Crippen LogP contribution in [0.1, 0.15) is 31.2 Å². The van der Waals surface area contributed by atoms with Crippen molar-refractivity contribution >= 4 is 34.3 Å². The van der Waals surface area contributed by atoms with Crippen molar-refractivity contribution in [1.82, 2.24) is 4.90 Å². The van der Waals surface area contributed by atoms with Crippen LogP contribution in [-0.4, -0.2) is 74.0 Å². The molecule has 0 aromatic heterocycles. The first-order chi connectivity index (χ1) is 19.1. The molecule has 0 radical (unpaired) electrons. The van der Waals surface area contributed by atoms with Gasteiger partial charge in [0, 0.05) is 55.7 Å². The number of halogens is 3. The van der Waals surface area contributed by atoms with E-state index in [9.17, 15) is 23.3 Å². The second kappa shape index (κ2) is 12.9. The number of ether oxygens (including phenoxy) is 3. The van der Waals surface area contributed by atoms with Crippen LogP contribution in [-0.2, 0) is 10.9 Å². The van der Waals surface area contributed by atoms with Gasteiger partial charge in [0.1, 0.15) is 10.6 Å². The minimum atomic E-state index is -4.81. The Labute approximate surface area is 236 Å². The van der Waals surface area contributed by atoms with E-state index in [1.807, 2.05) is 18.2 Å². The quantitative estimate of drug-likeness (QED) is 0.233. The molecular formula is C27H33F3N4O5S. The van der Waals surface area contributed by atoms with E-state index in [-0.39, 0.29) is 17.8 Å². The van der Waals surface area contributed by atoms with Crippen LogP contribution in [0.3, 0.4) is 0 Å². The Morgan fingerprint density at radius 1 is 1.02 bits per heavy atom. The van der Waals surface area contributed by atoms with Gasteiger partial charge in [-0.05, 0) is 49.9 Å². The summed E-state index contributed by atoms with van der Waals surface area (Å²) < 4.78 is 56.7. The molecule has 40 heavy (non-hydrogen) atoms. The van der Waals surface area contributed by atoms with Crippen LogP contribution in [0.5, 0.6) is 11.5 Å². The van der Waals surface area contributed by atoms with Gasteiger partial charge in [0.2, 0.25) is 0 Å². The number of nitrogens with zero attached hydrogens (tertiary/aromatic N) is 3. The van der Waals surface area contributed by atoms with Gasteiger partial charge in [0.25, 0.3) is 5.69 Å². The van der Waals surface area contributed by atoms with Crippen molar-refractivity contribution < 1.29 is 32.3 Å². The SMILES string of the molecule is COc1ccc(N2CCN(C(=S)COC3CCC(Nc4ccc([N+](=O)[O-])c(C(F)(F)F)c4)CC3)CC2)cc1OC. The summed E-state index contributed by atoms with van der Waals surface area (Å²) in [5.74, 6) is 1.38. The summed E-state index contributed by atoms with van der Waals surface area (Å²) in [6, 6.07) is 8.87. The standard InChI is InChI=1S/C27H33F3N4O5S/c1-37-24-10-6-20(16-25(24)38-2)32-11-13-33(14-12-32)26(40)17-39-21-7-3-18(4-8-21)31-19-5-9-23(34(35)36)22(15-19)27(28,29)30/h5-6,9-10,15-16,18,21,31H,3-4,7-8,11-14,17H2,1-2H3. The van der Waals surface area contributed by atoms with Crippen LogP contribution in [0.4, 0.5) is 30.2 Å². The van der Waals surface area contributed by atoms with Crippen molar-refractivity contribution in [2.75, 3.05) is 57.2 Å². The van der Waals surface area contributed by atoms with Gasteiger partial charge in [-0.2, -0.15) is 13.2 Å². The predicted molar refractivity (Wildman–Crippen MR) is 150 cm³/mol. The lowest BCUT2D eigenvalue weighted by atomic mass is 9.92. The van der Waals surface area contributed by atoms with E-state index < -0.39 is 22.4 Å². The lowest BCUT2D eigenvalue weighted by Crippen LogP contribution is -2.49. The zero-order valence-electron chi connectivity index (χ0n) is 22.4. The Hall–Kier alpha value is -3.32. The van der Waals surface area contributed by atoms with Gasteiger partial charge >= 0.3 is 6.18 Å². The molecule has 2 aliphatic rings. The molecule has 2 aromatic carbocycles. The summed E-state index contributed by atoms with van der Waals surface area (Å²) in [6.45, 7) is 3.53. The van der Waals surface area contributed by atoms with Crippen LogP contribution in [0.25, 0.3) is 0 Å². The van der Waals surface area contributed by atoms with Crippen LogP contribution in [0.15, 0.2) is 36.4 Å². The molecule has 9 nitrogen and oxygen atoms in total. The maximum Gasteiger partial charge on any atom is 0.423 e. The fraction of sp³-hybridized carbons (Fsp3) is 0.519. The van der Waals surface area contributed by atoms with E-state index in [0.29, 0.717) is 30.9 Å². The van der Waals surface area contributed by atoms with Crippen molar-refractivity contribution in [3.63, 3.8) is 0 Å². The van der Waals surface area contributed by atoms with Crippen molar-refractivity contribution in [1.29, 1.82) is 0 Å². The summed E-state index contributed by atoms with van der Waals surface area (Å²) in [7, 11) is 3.23. The first-order valence-corrected chi connectivity index (χ1v) is 13.5. The third-order valence-corrected chi connectivity index (χ3v) is 7.73. The Morgan fingerprint density at radius 2 is 1.70 bits per heavy atom. The van der Waals surface area contributed by atoms with Gasteiger partial charge in [0.05, 0.1) is 31.9 Å². The highest BCUT2D eigenvalue weighted by Crippen LogP contribution is 2.38. The molecular weight excluding hydrogens is 549 g/mol. The minimum absolute atomic E-state index is 0.0200. The number of nitro benzene ring substituents is 1. The molecule has 0 unspecified atom stereocenters. The lowest BCUT2D eigenvalue weighted by Gasteiger charge is -2.38. The molecule has 1 saturated carbocycles. The molecule has 1 aliphatic carbocycles. The van der Waals surface area contributed by atoms with Crippen LogP contribution in [0, 0.1) is 10.1 Å². The third kappa shape index (κ3) is 7.25. The maximum absolute atomic E-state index is 13.3. The molecule has 1 N–H and O–H groups in total. The third-order valence-electron chi connectivity index (χ3n) is 7.35. The Bertz CT molecular complexity index is 1200. The molecule has 4 rings (SSSR count). The zero-order chi connectivity index (χ0) is 28.9. The van der Waals surface area contributed by atoms with Crippen molar-refractivity contribution in [3.05, 3.63) is 52.1 Å². The highest BCUT2D eigenvalue weighted by atomic mass is 32.1. The topological polar surface area (TPSA) is 89.3 Å². The first-order valence-electron chi connectivity index (χ1n) is 13.1. The molecule has 218 valence electrons. The van der Waals surface area contributed by atoms with Crippen LogP contribution >= 0.6 is 12.2 Å². The smallest absolute Gasteiger partial charge is 0.423 e. The number of nitro groups is 1. The van der Waals surface area contributed by atoms with Gasteiger partial charge < -0.3 is 29.3 Å². The number of alkyl halides is 3. The van der Waals surface area contributed by atoms with Crippen molar-refractivity contribution in [2.45, 2.75) is 44.0 Å². The summed E-state index contributed by atoms with van der Waals surface area (Å²) in [5, 5.41) is 14.1. The highest BCUT2D eigenvalue weighted by molar-refractivity contribution is 7.80. The van der Waals surface area contributed by atoms with Crippen LogP contribution < -0.4 is 19.7 Å².